The van der Waals surface area contributed by atoms with Crippen LogP contribution in [0.2, 0.25) is 0 Å². The largest absolute Gasteiger partial charge is 0.494 e. The summed E-state index contributed by atoms with van der Waals surface area (Å²) in [5.41, 5.74) is 3.52. The van der Waals surface area contributed by atoms with Gasteiger partial charge in [-0.1, -0.05) is 6.92 Å². The van der Waals surface area contributed by atoms with Crippen LogP contribution in [-0.4, -0.2) is 12.4 Å². The normalized spacial score (nSPS) is 11.2. The van der Waals surface area contributed by atoms with Gasteiger partial charge in [-0.3, -0.25) is 4.79 Å². The summed E-state index contributed by atoms with van der Waals surface area (Å²) >= 11 is 0. The number of carbonyl (C=O) groups excluding carboxylic acids is 1. The van der Waals surface area contributed by atoms with E-state index in [9.17, 15) is 4.79 Å². The smallest absolute Gasteiger partial charge is 0.159 e. The zero-order valence-electron chi connectivity index (χ0n) is 16.4. The van der Waals surface area contributed by atoms with Crippen LogP contribution in [0.4, 0.5) is 22.7 Å². The number of hydrogen-bond acceptors (Lipinski definition) is 6. The maximum atomic E-state index is 11.3. The van der Waals surface area contributed by atoms with Crippen LogP contribution in [0.25, 0.3) is 0 Å². The third-order valence-electron chi connectivity index (χ3n) is 3.99. The molecule has 0 aliphatic rings. The molecule has 29 heavy (non-hydrogen) atoms. The number of hydrogen-bond donors (Lipinski definition) is 0. The summed E-state index contributed by atoms with van der Waals surface area (Å²) in [6.45, 7) is 4.31. The molecule has 0 aliphatic heterocycles. The molecular formula is C23H22N4O2. The van der Waals surface area contributed by atoms with Crippen molar-refractivity contribution < 1.29 is 9.53 Å². The summed E-state index contributed by atoms with van der Waals surface area (Å²) in [6, 6.07) is 21.8. The predicted octanol–water partition coefficient (Wildman–Crippen LogP) is 7.51. The summed E-state index contributed by atoms with van der Waals surface area (Å²) < 4.78 is 5.55. The molecule has 0 aliphatic carbocycles. The molecule has 0 saturated heterocycles. The van der Waals surface area contributed by atoms with Gasteiger partial charge < -0.3 is 4.74 Å². The third-order valence-corrected chi connectivity index (χ3v) is 3.99. The number of azo groups is 2. The topological polar surface area (TPSA) is 75.7 Å². The first-order valence-corrected chi connectivity index (χ1v) is 9.41. The van der Waals surface area contributed by atoms with Gasteiger partial charge in [0.1, 0.15) is 5.75 Å². The van der Waals surface area contributed by atoms with E-state index in [-0.39, 0.29) is 5.78 Å². The van der Waals surface area contributed by atoms with Crippen LogP contribution in [0, 0.1) is 0 Å². The van der Waals surface area contributed by atoms with Crippen molar-refractivity contribution in [3.63, 3.8) is 0 Å². The molecule has 6 nitrogen and oxygen atoms in total. The lowest BCUT2D eigenvalue weighted by molar-refractivity contribution is 0.101. The summed E-state index contributed by atoms with van der Waals surface area (Å²) in [7, 11) is 0. The molecule has 3 aromatic rings. The number of benzene rings is 3. The average Bonchev–Trinajstić information content (AvgIpc) is 2.76. The number of rotatable bonds is 8. The lowest BCUT2D eigenvalue weighted by Crippen LogP contribution is -1.93. The van der Waals surface area contributed by atoms with Crippen molar-refractivity contribution in [2.45, 2.75) is 20.3 Å². The molecule has 0 amide bonds. The van der Waals surface area contributed by atoms with E-state index in [0.29, 0.717) is 23.5 Å². The maximum absolute atomic E-state index is 11.3. The van der Waals surface area contributed by atoms with Crippen molar-refractivity contribution in [1.29, 1.82) is 0 Å². The van der Waals surface area contributed by atoms with E-state index < -0.39 is 0 Å². The molecule has 0 bridgehead atoms. The molecular weight excluding hydrogens is 364 g/mol. The summed E-state index contributed by atoms with van der Waals surface area (Å²) in [5.74, 6) is 0.857. The Morgan fingerprint density at radius 1 is 0.690 bits per heavy atom. The van der Waals surface area contributed by atoms with E-state index in [1.807, 2.05) is 48.5 Å². The van der Waals surface area contributed by atoms with Crippen molar-refractivity contribution in [1.82, 2.24) is 0 Å². The van der Waals surface area contributed by atoms with E-state index in [2.05, 4.69) is 27.4 Å². The minimum absolute atomic E-state index is 0.0269. The number of nitrogens with zero attached hydrogens (tertiary/aromatic N) is 4. The second-order valence-corrected chi connectivity index (χ2v) is 6.36. The highest BCUT2D eigenvalue weighted by Gasteiger charge is 1.99. The molecule has 0 saturated carbocycles. The second-order valence-electron chi connectivity index (χ2n) is 6.36. The predicted molar refractivity (Wildman–Crippen MR) is 113 cm³/mol. The van der Waals surface area contributed by atoms with Gasteiger partial charge in [-0.05, 0) is 86.1 Å². The highest BCUT2D eigenvalue weighted by Crippen LogP contribution is 2.24. The van der Waals surface area contributed by atoms with E-state index >= 15 is 0 Å². The number of carbonyl (C=O) groups is 1. The van der Waals surface area contributed by atoms with Gasteiger partial charge in [-0.15, -0.1) is 0 Å². The number of ether oxygens (including phenoxy) is 1. The van der Waals surface area contributed by atoms with Crippen molar-refractivity contribution in [3.05, 3.63) is 78.4 Å². The minimum Gasteiger partial charge on any atom is -0.494 e. The van der Waals surface area contributed by atoms with Crippen LogP contribution in [0.5, 0.6) is 5.75 Å². The molecule has 0 N–H and O–H groups in total. The van der Waals surface area contributed by atoms with Gasteiger partial charge in [0.05, 0.1) is 29.4 Å². The Kier molecular flexibility index (Phi) is 6.95. The van der Waals surface area contributed by atoms with Gasteiger partial charge in [0, 0.05) is 5.56 Å². The van der Waals surface area contributed by atoms with Gasteiger partial charge in [-0.2, -0.15) is 20.5 Å². The van der Waals surface area contributed by atoms with Crippen LogP contribution >= 0.6 is 0 Å². The average molecular weight is 386 g/mol. The van der Waals surface area contributed by atoms with E-state index in [0.717, 1.165) is 23.5 Å². The Labute approximate surface area is 170 Å². The Balaban J connectivity index is 1.59. The van der Waals surface area contributed by atoms with Crippen molar-refractivity contribution in [3.8, 4) is 5.75 Å². The molecule has 0 unspecified atom stereocenters. The quantitative estimate of drug-likeness (QED) is 0.297. The molecule has 0 radical (unpaired) electrons. The lowest BCUT2D eigenvalue weighted by Gasteiger charge is -2.03. The summed E-state index contributed by atoms with van der Waals surface area (Å²) in [6.07, 6.45) is 0.975. The third kappa shape index (κ3) is 6.17. The van der Waals surface area contributed by atoms with Crippen molar-refractivity contribution >= 4 is 28.5 Å². The van der Waals surface area contributed by atoms with E-state index in [1.54, 1.807) is 24.3 Å². The first kappa shape index (κ1) is 20.1. The zero-order chi connectivity index (χ0) is 20.5. The van der Waals surface area contributed by atoms with Gasteiger partial charge >= 0.3 is 0 Å². The van der Waals surface area contributed by atoms with E-state index in [1.165, 1.54) is 6.92 Å². The fourth-order valence-electron chi connectivity index (χ4n) is 2.41. The number of Topliss-reactive ketones (excluding diaryl/α,β-unsaturated/α-hetero) is 1. The van der Waals surface area contributed by atoms with Crippen LogP contribution < -0.4 is 4.74 Å². The molecule has 6 heteroatoms. The minimum atomic E-state index is 0.0269. The second kappa shape index (κ2) is 10.0. The zero-order valence-corrected chi connectivity index (χ0v) is 16.4. The van der Waals surface area contributed by atoms with Gasteiger partial charge in [0.25, 0.3) is 0 Å². The Morgan fingerprint density at radius 3 is 1.45 bits per heavy atom. The van der Waals surface area contributed by atoms with Crippen LogP contribution in [0.1, 0.15) is 30.6 Å². The first-order valence-electron chi connectivity index (χ1n) is 9.41. The summed E-state index contributed by atoms with van der Waals surface area (Å²) in [5, 5.41) is 16.8. The molecule has 0 heterocycles. The molecule has 3 rings (SSSR count). The van der Waals surface area contributed by atoms with Crippen LogP contribution in [-0.2, 0) is 0 Å². The van der Waals surface area contributed by atoms with Crippen molar-refractivity contribution in [2.24, 2.45) is 20.5 Å². The highest BCUT2D eigenvalue weighted by atomic mass is 16.5. The molecule has 146 valence electrons. The lowest BCUT2D eigenvalue weighted by atomic mass is 10.1. The van der Waals surface area contributed by atoms with Crippen LogP contribution in [0.15, 0.2) is 93.3 Å². The molecule has 0 aromatic heterocycles. The Bertz CT molecular complexity index is 993. The summed E-state index contributed by atoms with van der Waals surface area (Å²) in [4.78, 5) is 11.3. The fraction of sp³-hybridized carbons (Fsp3) is 0.174. The Hall–Kier alpha value is -3.67. The highest BCUT2D eigenvalue weighted by molar-refractivity contribution is 5.94. The van der Waals surface area contributed by atoms with Gasteiger partial charge in [-0.25, -0.2) is 0 Å². The first-order chi connectivity index (χ1) is 14.1. The number of ketones is 1. The van der Waals surface area contributed by atoms with E-state index in [4.69, 9.17) is 4.74 Å². The molecule has 3 aromatic carbocycles. The van der Waals surface area contributed by atoms with Gasteiger partial charge in [0.15, 0.2) is 5.78 Å². The maximum Gasteiger partial charge on any atom is 0.159 e. The fourth-order valence-corrected chi connectivity index (χ4v) is 2.41. The SMILES string of the molecule is CCCOc1ccc(N=Nc2ccc(N=Nc3ccc(C(C)=O)cc3)cc2)cc1. The standard InChI is InChI=1S/C23H22N4O2/c1-3-16-29-23-14-12-22(13-15-23)27-26-21-10-8-20(9-11-21)25-24-19-6-4-18(5-7-19)17(2)28/h4-15H,3,16H2,1-2H3. The van der Waals surface area contributed by atoms with Crippen LogP contribution in [0.3, 0.4) is 0 Å². The van der Waals surface area contributed by atoms with Gasteiger partial charge in [0.2, 0.25) is 0 Å². The molecule has 0 spiro atoms. The monoisotopic (exact) mass is 386 g/mol. The molecule has 0 atom stereocenters. The Morgan fingerprint density at radius 2 is 1.07 bits per heavy atom. The van der Waals surface area contributed by atoms with Crippen molar-refractivity contribution in [2.75, 3.05) is 6.61 Å². The molecule has 0 fully saturated rings.